The molecule has 0 aliphatic heterocycles. The quantitative estimate of drug-likeness (QED) is 0.506. The van der Waals surface area contributed by atoms with Crippen molar-refractivity contribution in [1.82, 2.24) is 0 Å². The second-order valence-corrected chi connectivity index (χ2v) is 4.18. The van der Waals surface area contributed by atoms with Crippen molar-refractivity contribution in [2.45, 2.75) is 13.8 Å². The minimum atomic E-state index is -1.09. The van der Waals surface area contributed by atoms with Crippen LogP contribution < -0.4 is 0 Å². The average molecular weight is 268 g/mol. The highest BCUT2D eigenvalue weighted by Crippen LogP contribution is 2.15. The standard InChI is InChI=1S/C13H14ClNO3/c1-9-6-11(8-12(14)7-9)4-3-5-18-15-10(2)13(16)17/h3-4,6-8H,5H2,1-2H3,(H,16,17)/b4-3+,15-10-. The zero-order chi connectivity index (χ0) is 13.5. The summed E-state index contributed by atoms with van der Waals surface area (Å²) in [5.74, 6) is -1.09. The number of benzene rings is 1. The van der Waals surface area contributed by atoms with Gasteiger partial charge in [-0.15, -0.1) is 0 Å². The van der Waals surface area contributed by atoms with Crippen LogP contribution in [0.25, 0.3) is 6.08 Å². The molecule has 18 heavy (non-hydrogen) atoms. The van der Waals surface area contributed by atoms with E-state index >= 15 is 0 Å². The maximum atomic E-state index is 10.4. The Morgan fingerprint density at radius 1 is 1.50 bits per heavy atom. The first-order chi connectivity index (χ1) is 8.49. The number of carboxylic acids is 1. The van der Waals surface area contributed by atoms with Gasteiger partial charge in [0, 0.05) is 5.02 Å². The van der Waals surface area contributed by atoms with Crippen molar-refractivity contribution in [3.63, 3.8) is 0 Å². The molecule has 0 amide bonds. The molecular formula is C13H14ClNO3. The molecule has 0 unspecified atom stereocenters. The number of hydrogen-bond acceptors (Lipinski definition) is 3. The SMILES string of the molecule is C/C(=N/OC/C=C/c1cc(C)cc(Cl)c1)C(=O)O. The van der Waals surface area contributed by atoms with Gasteiger partial charge in [-0.3, -0.25) is 0 Å². The van der Waals surface area contributed by atoms with Crippen LogP contribution in [0.2, 0.25) is 5.02 Å². The number of aliphatic carboxylic acids is 1. The zero-order valence-corrected chi connectivity index (χ0v) is 10.9. The number of oxime groups is 1. The molecule has 96 valence electrons. The third-order valence-electron chi connectivity index (χ3n) is 2.06. The lowest BCUT2D eigenvalue weighted by Crippen LogP contribution is -2.08. The lowest BCUT2D eigenvalue weighted by molar-refractivity contribution is -0.129. The summed E-state index contributed by atoms with van der Waals surface area (Å²) < 4.78 is 0. The third kappa shape index (κ3) is 5.01. The maximum absolute atomic E-state index is 10.4. The van der Waals surface area contributed by atoms with E-state index in [0.717, 1.165) is 11.1 Å². The minimum absolute atomic E-state index is 0.0815. The molecule has 0 bridgehead atoms. The number of carbonyl (C=O) groups is 1. The zero-order valence-electron chi connectivity index (χ0n) is 10.2. The first-order valence-electron chi connectivity index (χ1n) is 5.32. The van der Waals surface area contributed by atoms with Crippen LogP contribution >= 0.6 is 11.6 Å². The molecule has 0 radical (unpaired) electrons. The van der Waals surface area contributed by atoms with Crippen LogP contribution in [0.15, 0.2) is 29.4 Å². The third-order valence-corrected chi connectivity index (χ3v) is 2.27. The Balaban J connectivity index is 2.51. The molecule has 0 fully saturated rings. The number of aryl methyl sites for hydroxylation is 1. The van der Waals surface area contributed by atoms with Crippen molar-refractivity contribution in [2.24, 2.45) is 5.16 Å². The fourth-order valence-electron chi connectivity index (χ4n) is 1.26. The lowest BCUT2D eigenvalue weighted by Gasteiger charge is -1.98. The van der Waals surface area contributed by atoms with Gasteiger partial charge in [-0.05, 0) is 43.2 Å². The van der Waals surface area contributed by atoms with Crippen LogP contribution in [0, 0.1) is 6.92 Å². The van der Waals surface area contributed by atoms with Crippen molar-refractivity contribution in [2.75, 3.05) is 6.61 Å². The molecule has 0 aliphatic carbocycles. The summed E-state index contributed by atoms with van der Waals surface area (Å²) in [6, 6.07) is 5.68. The maximum Gasteiger partial charge on any atom is 0.353 e. The predicted octanol–water partition coefficient (Wildman–Crippen LogP) is 3.14. The first kappa shape index (κ1) is 14.3. The number of carboxylic acid groups (broad SMARTS) is 1. The van der Waals surface area contributed by atoms with Crippen molar-refractivity contribution < 1.29 is 14.7 Å². The van der Waals surface area contributed by atoms with Crippen molar-refractivity contribution in [3.8, 4) is 0 Å². The van der Waals surface area contributed by atoms with Crippen molar-refractivity contribution in [3.05, 3.63) is 40.4 Å². The Kier molecular flexibility index (Phi) is 5.39. The molecule has 5 heteroatoms. The van der Waals surface area contributed by atoms with E-state index in [1.807, 2.05) is 31.2 Å². The number of hydrogen-bond donors (Lipinski definition) is 1. The minimum Gasteiger partial charge on any atom is -0.477 e. The van der Waals surface area contributed by atoms with Gasteiger partial charge in [0.15, 0.2) is 5.71 Å². The van der Waals surface area contributed by atoms with Crippen molar-refractivity contribution >= 4 is 29.4 Å². The average Bonchev–Trinajstić information content (AvgIpc) is 2.26. The van der Waals surface area contributed by atoms with Gasteiger partial charge in [0.25, 0.3) is 0 Å². The van der Waals surface area contributed by atoms with E-state index in [1.165, 1.54) is 6.92 Å². The topological polar surface area (TPSA) is 58.9 Å². The second-order valence-electron chi connectivity index (χ2n) is 3.74. The normalized spacial score (nSPS) is 11.8. The van der Waals surface area contributed by atoms with Crippen LogP contribution in [-0.2, 0) is 9.63 Å². The highest BCUT2D eigenvalue weighted by molar-refractivity contribution is 6.34. The van der Waals surface area contributed by atoms with Crippen LogP contribution in [0.1, 0.15) is 18.1 Å². The van der Waals surface area contributed by atoms with E-state index in [1.54, 1.807) is 6.08 Å². The molecule has 0 saturated heterocycles. The Hall–Kier alpha value is -1.81. The first-order valence-corrected chi connectivity index (χ1v) is 5.70. The summed E-state index contributed by atoms with van der Waals surface area (Å²) in [6.07, 6.45) is 3.58. The molecule has 0 aromatic heterocycles. The second kappa shape index (κ2) is 6.81. The molecule has 1 aromatic carbocycles. The van der Waals surface area contributed by atoms with Gasteiger partial charge in [0.05, 0.1) is 0 Å². The molecule has 1 aromatic rings. The molecule has 0 heterocycles. The van der Waals surface area contributed by atoms with E-state index < -0.39 is 5.97 Å². The van der Waals surface area contributed by atoms with Crippen LogP contribution in [0.5, 0.6) is 0 Å². The smallest absolute Gasteiger partial charge is 0.353 e. The van der Waals surface area contributed by atoms with Gasteiger partial charge in [-0.1, -0.05) is 28.9 Å². The Labute approximate surface area is 111 Å². The summed E-state index contributed by atoms with van der Waals surface area (Å²) in [6.45, 7) is 3.53. The van der Waals surface area contributed by atoms with Crippen molar-refractivity contribution in [1.29, 1.82) is 0 Å². The highest BCUT2D eigenvalue weighted by atomic mass is 35.5. The van der Waals surface area contributed by atoms with Gasteiger partial charge in [0.2, 0.25) is 0 Å². The van der Waals surface area contributed by atoms with E-state index in [-0.39, 0.29) is 12.3 Å². The van der Waals surface area contributed by atoms with Gasteiger partial charge in [-0.2, -0.15) is 0 Å². The Morgan fingerprint density at radius 3 is 2.83 bits per heavy atom. The highest BCUT2D eigenvalue weighted by Gasteiger charge is 2.00. The summed E-state index contributed by atoms with van der Waals surface area (Å²) in [5.41, 5.74) is 1.95. The Morgan fingerprint density at radius 2 is 2.22 bits per heavy atom. The fraction of sp³-hybridized carbons (Fsp3) is 0.231. The predicted molar refractivity (Wildman–Crippen MR) is 71.9 cm³/mol. The van der Waals surface area contributed by atoms with E-state index in [4.69, 9.17) is 21.5 Å². The Bertz CT molecular complexity index is 475. The van der Waals surface area contributed by atoms with Crippen LogP contribution in [0.3, 0.4) is 0 Å². The van der Waals surface area contributed by atoms with Crippen LogP contribution in [0.4, 0.5) is 0 Å². The molecular weight excluding hydrogens is 254 g/mol. The van der Waals surface area contributed by atoms with Gasteiger partial charge in [0.1, 0.15) is 6.61 Å². The molecule has 0 saturated carbocycles. The monoisotopic (exact) mass is 267 g/mol. The molecule has 0 atom stereocenters. The number of nitrogens with zero attached hydrogens (tertiary/aromatic N) is 1. The summed E-state index contributed by atoms with van der Waals surface area (Å²) in [5, 5.41) is 12.6. The summed E-state index contributed by atoms with van der Waals surface area (Å²) >= 11 is 5.91. The number of halogens is 1. The summed E-state index contributed by atoms with van der Waals surface area (Å²) in [4.78, 5) is 15.2. The largest absolute Gasteiger partial charge is 0.477 e. The summed E-state index contributed by atoms with van der Waals surface area (Å²) in [7, 11) is 0. The molecule has 1 N–H and O–H groups in total. The van der Waals surface area contributed by atoms with E-state index in [2.05, 4.69) is 5.16 Å². The molecule has 1 rings (SSSR count). The fourth-order valence-corrected chi connectivity index (χ4v) is 1.56. The molecule has 0 aliphatic rings. The number of rotatable bonds is 5. The molecule has 4 nitrogen and oxygen atoms in total. The van der Waals surface area contributed by atoms with Gasteiger partial charge >= 0.3 is 5.97 Å². The lowest BCUT2D eigenvalue weighted by atomic mass is 10.1. The van der Waals surface area contributed by atoms with Gasteiger partial charge in [-0.25, -0.2) is 4.79 Å². The van der Waals surface area contributed by atoms with E-state index in [9.17, 15) is 4.79 Å². The van der Waals surface area contributed by atoms with Crippen LogP contribution in [-0.4, -0.2) is 23.4 Å². The van der Waals surface area contributed by atoms with E-state index in [0.29, 0.717) is 5.02 Å². The van der Waals surface area contributed by atoms with Gasteiger partial charge < -0.3 is 9.94 Å². The molecule has 0 spiro atoms.